The van der Waals surface area contributed by atoms with E-state index < -0.39 is 0 Å². The Labute approximate surface area is 91.4 Å². The van der Waals surface area contributed by atoms with Gasteiger partial charge < -0.3 is 9.47 Å². The first-order chi connectivity index (χ1) is 7.29. The first-order valence-electron chi connectivity index (χ1n) is 5.35. The Morgan fingerprint density at radius 1 is 1.33 bits per heavy atom. The summed E-state index contributed by atoms with van der Waals surface area (Å²) in [6.07, 6.45) is 3.66. The van der Waals surface area contributed by atoms with E-state index in [9.17, 15) is 0 Å². The number of rotatable bonds is 6. The standard InChI is InChI=1S/C12H19NO2/c1-4-11-10(2)12(6-7-13-11)15-9-5-8-14-3/h6-7H,4-5,8-9H2,1-3H3. The third-order valence-electron chi connectivity index (χ3n) is 2.34. The highest BCUT2D eigenvalue weighted by Gasteiger charge is 2.04. The van der Waals surface area contributed by atoms with Crippen LogP contribution in [0.15, 0.2) is 12.3 Å². The third kappa shape index (κ3) is 3.51. The van der Waals surface area contributed by atoms with Crippen LogP contribution in [0.1, 0.15) is 24.6 Å². The summed E-state index contributed by atoms with van der Waals surface area (Å²) in [5.74, 6) is 0.943. The van der Waals surface area contributed by atoms with Crippen LogP contribution >= 0.6 is 0 Å². The highest BCUT2D eigenvalue weighted by Crippen LogP contribution is 2.19. The second-order valence-electron chi connectivity index (χ2n) is 3.43. The molecule has 1 aromatic heterocycles. The van der Waals surface area contributed by atoms with Crippen molar-refractivity contribution < 1.29 is 9.47 Å². The predicted molar refractivity (Wildman–Crippen MR) is 60.3 cm³/mol. The van der Waals surface area contributed by atoms with Gasteiger partial charge >= 0.3 is 0 Å². The average molecular weight is 209 g/mol. The van der Waals surface area contributed by atoms with Gasteiger partial charge in [0.1, 0.15) is 5.75 Å². The van der Waals surface area contributed by atoms with E-state index in [1.54, 1.807) is 13.3 Å². The van der Waals surface area contributed by atoms with Crippen molar-refractivity contribution in [2.75, 3.05) is 20.3 Å². The second-order valence-corrected chi connectivity index (χ2v) is 3.43. The van der Waals surface area contributed by atoms with Gasteiger partial charge in [0.15, 0.2) is 0 Å². The Morgan fingerprint density at radius 2 is 2.13 bits per heavy atom. The van der Waals surface area contributed by atoms with Gasteiger partial charge in [0.2, 0.25) is 0 Å². The largest absolute Gasteiger partial charge is 0.493 e. The van der Waals surface area contributed by atoms with E-state index in [2.05, 4.69) is 18.8 Å². The summed E-state index contributed by atoms with van der Waals surface area (Å²) in [7, 11) is 1.70. The van der Waals surface area contributed by atoms with Crippen molar-refractivity contribution in [3.63, 3.8) is 0 Å². The molecule has 0 radical (unpaired) electrons. The first-order valence-corrected chi connectivity index (χ1v) is 5.35. The average Bonchev–Trinajstić information content (AvgIpc) is 2.26. The minimum absolute atomic E-state index is 0.696. The molecular formula is C12H19NO2. The molecule has 0 aliphatic heterocycles. The van der Waals surface area contributed by atoms with Crippen LogP contribution in [0, 0.1) is 6.92 Å². The monoisotopic (exact) mass is 209 g/mol. The molecule has 84 valence electrons. The summed E-state index contributed by atoms with van der Waals surface area (Å²) in [6, 6.07) is 1.92. The van der Waals surface area contributed by atoms with Crippen molar-refractivity contribution in [1.29, 1.82) is 0 Å². The number of pyridine rings is 1. The van der Waals surface area contributed by atoms with Crippen LogP contribution < -0.4 is 4.74 Å². The lowest BCUT2D eigenvalue weighted by Crippen LogP contribution is -2.04. The molecular weight excluding hydrogens is 190 g/mol. The molecule has 1 heterocycles. The molecule has 3 nitrogen and oxygen atoms in total. The number of aromatic nitrogens is 1. The quantitative estimate of drug-likeness (QED) is 0.674. The Morgan fingerprint density at radius 3 is 2.80 bits per heavy atom. The summed E-state index contributed by atoms with van der Waals surface area (Å²) in [6.45, 7) is 5.59. The van der Waals surface area contributed by atoms with Gasteiger partial charge in [-0.1, -0.05) is 6.92 Å². The SMILES string of the molecule is CCc1nccc(OCCCOC)c1C. The molecule has 0 fully saturated rings. The lowest BCUT2D eigenvalue weighted by Gasteiger charge is -2.10. The summed E-state index contributed by atoms with van der Waals surface area (Å²) >= 11 is 0. The van der Waals surface area contributed by atoms with Crippen molar-refractivity contribution in [3.05, 3.63) is 23.5 Å². The van der Waals surface area contributed by atoms with Crippen LogP contribution in [-0.4, -0.2) is 25.3 Å². The van der Waals surface area contributed by atoms with E-state index in [1.165, 1.54) is 0 Å². The Hall–Kier alpha value is -1.09. The molecule has 0 amide bonds. The fourth-order valence-corrected chi connectivity index (χ4v) is 1.46. The van der Waals surface area contributed by atoms with Crippen molar-refractivity contribution >= 4 is 0 Å². The van der Waals surface area contributed by atoms with E-state index in [4.69, 9.17) is 9.47 Å². The lowest BCUT2D eigenvalue weighted by molar-refractivity contribution is 0.172. The first kappa shape index (κ1) is 12.0. The molecule has 15 heavy (non-hydrogen) atoms. The van der Waals surface area contributed by atoms with Crippen molar-refractivity contribution in [1.82, 2.24) is 4.98 Å². The normalized spacial score (nSPS) is 10.3. The maximum absolute atomic E-state index is 5.66. The molecule has 0 atom stereocenters. The highest BCUT2D eigenvalue weighted by molar-refractivity contribution is 5.34. The lowest BCUT2D eigenvalue weighted by atomic mass is 10.1. The zero-order valence-corrected chi connectivity index (χ0v) is 9.75. The van der Waals surface area contributed by atoms with Gasteiger partial charge in [0.05, 0.1) is 6.61 Å². The number of ether oxygens (including phenoxy) is 2. The van der Waals surface area contributed by atoms with Crippen LogP contribution in [0.2, 0.25) is 0 Å². The summed E-state index contributed by atoms with van der Waals surface area (Å²) in [4.78, 5) is 4.30. The maximum Gasteiger partial charge on any atom is 0.125 e. The number of methoxy groups -OCH3 is 1. The topological polar surface area (TPSA) is 31.4 Å². The molecule has 0 saturated heterocycles. The zero-order chi connectivity index (χ0) is 11.1. The molecule has 0 aliphatic rings. The molecule has 1 rings (SSSR count). The van der Waals surface area contributed by atoms with E-state index in [0.29, 0.717) is 6.61 Å². The van der Waals surface area contributed by atoms with Gasteiger partial charge in [-0.25, -0.2) is 0 Å². The van der Waals surface area contributed by atoms with Crippen LogP contribution in [0.3, 0.4) is 0 Å². The highest BCUT2D eigenvalue weighted by atomic mass is 16.5. The number of hydrogen-bond donors (Lipinski definition) is 0. The van der Waals surface area contributed by atoms with Crippen molar-refractivity contribution in [2.45, 2.75) is 26.7 Å². The van der Waals surface area contributed by atoms with Gasteiger partial charge in [-0.2, -0.15) is 0 Å². The molecule has 0 aromatic carbocycles. The molecule has 0 bridgehead atoms. The maximum atomic E-state index is 5.66. The van der Waals surface area contributed by atoms with E-state index >= 15 is 0 Å². The molecule has 0 spiro atoms. The fourth-order valence-electron chi connectivity index (χ4n) is 1.46. The van der Waals surface area contributed by atoms with Gasteiger partial charge in [0, 0.05) is 37.6 Å². The summed E-state index contributed by atoms with van der Waals surface area (Å²) < 4.78 is 10.6. The van der Waals surface area contributed by atoms with Crippen LogP contribution in [0.4, 0.5) is 0 Å². The molecule has 1 aromatic rings. The summed E-state index contributed by atoms with van der Waals surface area (Å²) in [5.41, 5.74) is 2.26. The summed E-state index contributed by atoms with van der Waals surface area (Å²) in [5, 5.41) is 0. The van der Waals surface area contributed by atoms with E-state index in [1.807, 2.05) is 6.07 Å². The number of aryl methyl sites for hydroxylation is 1. The van der Waals surface area contributed by atoms with Crippen molar-refractivity contribution in [2.24, 2.45) is 0 Å². The fraction of sp³-hybridized carbons (Fsp3) is 0.583. The van der Waals surface area contributed by atoms with E-state index in [-0.39, 0.29) is 0 Å². The second kappa shape index (κ2) is 6.40. The van der Waals surface area contributed by atoms with Crippen LogP contribution in [0.5, 0.6) is 5.75 Å². The minimum atomic E-state index is 0.696. The Kier molecular flexibility index (Phi) is 5.12. The smallest absolute Gasteiger partial charge is 0.125 e. The number of nitrogens with zero attached hydrogens (tertiary/aromatic N) is 1. The zero-order valence-electron chi connectivity index (χ0n) is 9.75. The van der Waals surface area contributed by atoms with Crippen LogP contribution in [-0.2, 0) is 11.2 Å². The predicted octanol–water partition coefficient (Wildman–Crippen LogP) is 2.37. The van der Waals surface area contributed by atoms with Gasteiger partial charge in [-0.05, 0) is 19.4 Å². The molecule has 0 saturated carbocycles. The third-order valence-corrected chi connectivity index (χ3v) is 2.34. The molecule has 0 N–H and O–H groups in total. The van der Waals surface area contributed by atoms with Crippen LogP contribution in [0.25, 0.3) is 0 Å². The van der Waals surface area contributed by atoms with Crippen molar-refractivity contribution in [3.8, 4) is 5.75 Å². The van der Waals surface area contributed by atoms with Gasteiger partial charge in [-0.15, -0.1) is 0 Å². The van der Waals surface area contributed by atoms with Gasteiger partial charge in [-0.3, -0.25) is 4.98 Å². The molecule has 0 aliphatic carbocycles. The Bertz CT molecular complexity index is 300. The molecule has 3 heteroatoms. The van der Waals surface area contributed by atoms with Gasteiger partial charge in [0.25, 0.3) is 0 Å². The Balaban J connectivity index is 2.53. The molecule has 0 unspecified atom stereocenters. The minimum Gasteiger partial charge on any atom is -0.493 e. The van der Waals surface area contributed by atoms with E-state index in [0.717, 1.165) is 36.5 Å². The number of hydrogen-bond acceptors (Lipinski definition) is 3.